The topological polar surface area (TPSA) is 86.2 Å². The maximum atomic E-state index is 14.4. The first kappa shape index (κ1) is 19.3. The average molecular weight is 413 g/mol. The van der Waals surface area contributed by atoms with Gasteiger partial charge >= 0.3 is 0 Å². The molecule has 2 bridgehead atoms. The number of halogens is 2. The van der Waals surface area contributed by atoms with Crippen LogP contribution in [0.25, 0.3) is 11.3 Å². The van der Waals surface area contributed by atoms with Crippen LogP contribution in [0.5, 0.6) is 0 Å². The van der Waals surface area contributed by atoms with E-state index in [4.69, 9.17) is 0 Å². The number of nitrogens with zero attached hydrogens (tertiary/aromatic N) is 5. The number of fused-ring (bicyclic) bond motifs is 5. The maximum Gasteiger partial charge on any atom is 0.158 e. The first-order chi connectivity index (χ1) is 14.9. The summed E-state index contributed by atoms with van der Waals surface area (Å²) in [5.41, 5.74) is 1.64. The van der Waals surface area contributed by atoms with Crippen LogP contribution in [0, 0.1) is 39.7 Å². The molecule has 2 atom stereocenters. The Kier molecular flexibility index (Phi) is 3.97. The SMILES string of the molecule is CC1(C)[C@H]2CC[C@]1(c1ccnc(C#N)c1C#N)c1nnc(-c3c(F)cccc3F)cc12. The van der Waals surface area contributed by atoms with Crippen molar-refractivity contribution >= 4 is 0 Å². The van der Waals surface area contributed by atoms with Gasteiger partial charge in [-0.2, -0.15) is 15.6 Å². The standard InChI is InChI=1S/C24H17F2N5/c1-23(2)15-6-8-24(23,16-7-9-29-20(12-28)14(16)11-27)22-13(15)10-19(30-31-22)21-17(25)4-3-5-18(21)26/h3-5,7,9-10,15H,6,8H2,1-2H3/t15-,24-/m0/s1. The molecule has 7 heteroatoms. The van der Waals surface area contributed by atoms with Crippen LogP contribution in [0.4, 0.5) is 8.78 Å². The van der Waals surface area contributed by atoms with E-state index in [0.29, 0.717) is 11.3 Å². The summed E-state index contributed by atoms with van der Waals surface area (Å²) >= 11 is 0. The minimum atomic E-state index is -0.689. The Morgan fingerprint density at radius 3 is 2.48 bits per heavy atom. The second-order valence-corrected chi connectivity index (χ2v) is 8.65. The van der Waals surface area contributed by atoms with Crippen LogP contribution in [-0.2, 0) is 5.41 Å². The van der Waals surface area contributed by atoms with Crippen LogP contribution in [-0.4, -0.2) is 15.2 Å². The number of hydrogen-bond acceptors (Lipinski definition) is 5. The summed E-state index contributed by atoms with van der Waals surface area (Å²) in [5.74, 6) is -1.30. The number of benzene rings is 1. The molecule has 0 amide bonds. The molecule has 2 aromatic heterocycles. The molecular formula is C24H17F2N5. The molecule has 1 saturated carbocycles. The second kappa shape index (κ2) is 6.39. The fourth-order valence-electron chi connectivity index (χ4n) is 5.80. The molecule has 5 rings (SSSR count). The van der Waals surface area contributed by atoms with Crippen molar-refractivity contribution in [3.05, 3.63) is 76.2 Å². The Morgan fingerprint density at radius 1 is 1.06 bits per heavy atom. The Morgan fingerprint density at radius 2 is 1.81 bits per heavy atom. The van der Waals surface area contributed by atoms with Crippen molar-refractivity contribution in [1.82, 2.24) is 15.2 Å². The van der Waals surface area contributed by atoms with E-state index in [0.717, 1.165) is 18.4 Å². The van der Waals surface area contributed by atoms with Gasteiger partial charge in [-0.3, -0.25) is 0 Å². The number of aromatic nitrogens is 3. The minimum absolute atomic E-state index is 0.0804. The lowest BCUT2D eigenvalue weighted by molar-refractivity contribution is 0.247. The molecule has 0 N–H and O–H groups in total. The molecule has 152 valence electrons. The normalized spacial score (nSPS) is 22.6. The molecule has 0 spiro atoms. The number of pyridine rings is 1. The highest BCUT2D eigenvalue weighted by Crippen LogP contribution is 2.70. The largest absolute Gasteiger partial charge is 0.244 e. The van der Waals surface area contributed by atoms with E-state index >= 15 is 0 Å². The highest BCUT2D eigenvalue weighted by atomic mass is 19.1. The van der Waals surface area contributed by atoms with Crippen molar-refractivity contribution in [2.75, 3.05) is 0 Å². The Labute approximate surface area is 178 Å². The third kappa shape index (κ3) is 2.29. The summed E-state index contributed by atoms with van der Waals surface area (Å²) in [6.45, 7) is 4.23. The Balaban J connectivity index is 1.78. The highest BCUT2D eigenvalue weighted by Gasteiger charge is 2.64. The molecule has 0 aliphatic heterocycles. The van der Waals surface area contributed by atoms with Crippen LogP contribution in [0.2, 0.25) is 0 Å². The number of hydrogen-bond donors (Lipinski definition) is 0. The van der Waals surface area contributed by atoms with Gasteiger partial charge < -0.3 is 0 Å². The van der Waals surface area contributed by atoms with E-state index in [1.54, 1.807) is 18.3 Å². The van der Waals surface area contributed by atoms with Gasteiger partial charge in [0.15, 0.2) is 5.69 Å². The summed E-state index contributed by atoms with van der Waals surface area (Å²) in [4.78, 5) is 4.05. The van der Waals surface area contributed by atoms with Gasteiger partial charge in [0.1, 0.15) is 23.8 Å². The van der Waals surface area contributed by atoms with Gasteiger partial charge in [0.2, 0.25) is 0 Å². The molecule has 0 unspecified atom stereocenters. The lowest BCUT2D eigenvalue weighted by Gasteiger charge is -2.38. The van der Waals surface area contributed by atoms with Gasteiger partial charge in [0, 0.05) is 11.6 Å². The van der Waals surface area contributed by atoms with E-state index in [9.17, 15) is 19.3 Å². The fourth-order valence-corrected chi connectivity index (χ4v) is 5.80. The Bertz CT molecular complexity index is 1310. The number of rotatable bonds is 2. The molecule has 2 heterocycles. The summed E-state index contributed by atoms with van der Waals surface area (Å²) in [7, 11) is 0. The van der Waals surface area contributed by atoms with E-state index in [2.05, 4.69) is 35.1 Å². The molecule has 2 aliphatic carbocycles. The molecule has 3 aromatic rings. The molecule has 0 radical (unpaired) electrons. The molecule has 1 aromatic carbocycles. The first-order valence-electron chi connectivity index (χ1n) is 9.99. The third-order valence-corrected chi connectivity index (χ3v) is 7.23. The lowest BCUT2D eigenvalue weighted by atomic mass is 9.63. The summed E-state index contributed by atoms with van der Waals surface area (Å²) in [5, 5.41) is 28.0. The third-order valence-electron chi connectivity index (χ3n) is 7.23. The van der Waals surface area contributed by atoms with E-state index in [-0.39, 0.29) is 33.8 Å². The molecule has 1 fully saturated rings. The van der Waals surface area contributed by atoms with Crippen molar-refractivity contribution in [3.63, 3.8) is 0 Å². The second-order valence-electron chi connectivity index (χ2n) is 8.65. The van der Waals surface area contributed by atoms with Gasteiger partial charge in [0.05, 0.1) is 22.5 Å². The molecule has 2 aliphatic rings. The minimum Gasteiger partial charge on any atom is -0.244 e. The summed E-state index contributed by atoms with van der Waals surface area (Å²) in [6.07, 6.45) is 3.12. The van der Waals surface area contributed by atoms with Crippen molar-refractivity contribution in [2.24, 2.45) is 5.41 Å². The molecule has 31 heavy (non-hydrogen) atoms. The molecule has 5 nitrogen and oxygen atoms in total. The van der Waals surface area contributed by atoms with Gasteiger partial charge in [-0.25, -0.2) is 13.8 Å². The van der Waals surface area contributed by atoms with Crippen LogP contribution >= 0.6 is 0 Å². The van der Waals surface area contributed by atoms with E-state index in [1.807, 2.05) is 6.07 Å². The van der Waals surface area contributed by atoms with Crippen LogP contribution < -0.4 is 0 Å². The lowest BCUT2D eigenvalue weighted by Crippen LogP contribution is -2.38. The predicted octanol–water partition coefficient (Wildman–Crippen LogP) is 4.76. The highest BCUT2D eigenvalue weighted by molar-refractivity contribution is 5.65. The first-order valence-corrected chi connectivity index (χ1v) is 9.99. The van der Waals surface area contributed by atoms with Gasteiger partial charge in [0.25, 0.3) is 0 Å². The van der Waals surface area contributed by atoms with Crippen molar-refractivity contribution < 1.29 is 8.78 Å². The van der Waals surface area contributed by atoms with Crippen LogP contribution in [0.3, 0.4) is 0 Å². The van der Waals surface area contributed by atoms with Crippen molar-refractivity contribution in [2.45, 2.75) is 38.0 Å². The summed E-state index contributed by atoms with van der Waals surface area (Å²) in [6, 6.07) is 11.4. The molecular weight excluding hydrogens is 396 g/mol. The van der Waals surface area contributed by atoms with Gasteiger partial charge in [-0.1, -0.05) is 19.9 Å². The molecule has 0 saturated heterocycles. The van der Waals surface area contributed by atoms with Gasteiger partial charge in [-0.05, 0) is 59.6 Å². The van der Waals surface area contributed by atoms with Crippen molar-refractivity contribution in [1.29, 1.82) is 10.5 Å². The summed E-state index contributed by atoms with van der Waals surface area (Å²) < 4.78 is 28.7. The fraction of sp³-hybridized carbons (Fsp3) is 0.292. The monoisotopic (exact) mass is 413 g/mol. The maximum absolute atomic E-state index is 14.4. The zero-order valence-electron chi connectivity index (χ0n) is 16.9. The Hall–Kier alpha value is -3.71. The number of nitriles is 2. The average Bonchev–Trinajstić information content (AvgIpc) is 3.14. The van der Waals surface area contributed by atoms with Crippen LogP contribution in [0.1, 0.15) is 60.7 Å². The zero-order valence-corrected chi connectivity index (χ0v) is 16.9. The van der Waals surface area contributed by atoms with E-state index < -0.39 is 17.0 Å². The van der Waals surface area contributed by atoms with Crippen LogP contribution in [0.15, 0.2) is 36.5 Å². The predicted molar refractivity (Wildman–Crippen MR) is 108 cm³/mol. The van der Waals surface area contributed by atoms with E-state index in [1.165, 1.54) is 18.2 Å². The quantitative estimate of drug-likeness (QED) is 0.604. The van der Waals surface area contributed by atoms with Crippen molar-refractivity contribution in [3.8, 4) is 23.4 Å². The van der Waals surface area contributed by atoms with Gasteiger partial charge in [-0.15, -0.1) is 5.10 Å². The zero-order chi connectivity index (χ0) is 22.0. The smallest absolute Gasteiger partial charge is 0.158 e.